The highest BCUT2D eigenvalue weighted by molar-refractivity contribution is 5.43. The average Bonchev–Trinajstić information content (AvgIpc) is 2.16. The Morgan fingerprint density at radius 2 is 2.08 bits per heavy atom. The molecular weight excluding hydrogens is 146 g/mol. The molecule has 0 fully saturated rings. The van der Waals surface area contributed by atoms with Gasteiger partial charge in [-0.05, 0) is 36.6 Å². The summed E-state index contributed by atoms with van der Waals surface area (Å²) in [5, 5.41) is 0. The molecule has 1 aromatic heterocycles. The summed E-state index contributed by atoms with van der Waals surface area (Å²) in [5.74, 6) is 0. The summed E-state index contributed by atoms with van der Waals surface area (Å²) >= 11 is 0. The van der Waals surface area contributed by atoms with Crippen LogP contribution in [0.5, 0.6) is 0 Å². The summed E-state index contributed by atoms with van der Waals surface area (Å²) in [4.78, 5) is 4.40. The molecule has 0 saturated carbocycles. The van der Waals surface area contributed by atoms with Crippen molar-refractivity contribution in [1.82, 2.24) is 4.98 Å². The second-order valence-electron chi connectivity index (χ2n) is 2.80. The lowest BCUT2D eigenvalue weighted by atomic mass is 10.1. The molecule has 0 atom stereocenters. The minimum absolute atomic E-state index is 0.992. The van der Waals surface area contributed by atoms with E-state index in [2.05, 4.69) is 37.5 Å². The van der Waals surface area contributed by atoms with Gasteiger partial charge in [0.05, 0.1) is 5.69 Å². The third kappa shape index (κ3) is 1.94. The summed E-state index contributed by atoms with van der Waals surface area (Å²) in [5.41, 5.74) is 3.49. The lowest BCUT2D eigenvalue weighted by molar-refractivity contribution is 0.999. The summed E-state index contributed by atoms with van der Waals surface area (Å²) in [6, 6.07) is 4.25. The summed E-state index contributed by atoms with van der Waals surface area (Å²) in [6.45, 7) is 7.99. The molecule has 1 heteroatoms. The Labute approximate surface area is 74.2 Å². The van der Waals surface area contributed by atoms with Crippen LogP contribution < -0.4 is 0 Å². The zero-order valence-corrected chi connectivity index (χ0v) is 7.80. The highest BCUT2D eigenvalue weighted by Crippen LogP contribution is 2.08. The number of hydrogen-bond donors (Lipinski definition) is 0. The number of pyridine rings is 1. The molecular formula is C11H15N. The summed E-state index contributed by atoms with van der Waals surface area (Å²) in [6.07, 6.45) is 3.86. The number of hydrogen-bond acceptors (Lipinski definition) is 1. The lowest BCUT2D eigenvalue weighted by Gasteiger charge is -2.02. The van der Waals surface area contributed by atoms with E-state index in [1.807, 2.05) is 0 Å². The molecule has 1 aromatic rings. The predicted molar refractivity (Wildman–Crippen MR) is 53.1 cm³/mol. The van der Waals surface area contributed by atoms with Gasteiger partial charge in [-0.25, -0.2) is 0 Å². The van der Waals surface area contributed by atoms with Crippen molar-refractivity contribution < 1.29 is 0 Å². The Kier molecular flexibility index (Phi) is 3.03. The first-order valence-corrected chi connectivity index (χ1v) is 4.42. The van der Waals surface area contributed by atoms with Crippen LogP contribution in [0.25, 0.3) is 6.08 Å². The lowest BCUT2D eigenvalue weighted by Crippen LogP contribution is -1.93. The van der Waals surface area contributed by atoms with Crippen LogP contribution in [-0.2, 0) is 12.8 Å². The maximum atomic E-state index is 4.40. The Morgan fingerprint density at radius 1 is 1.33 bits per heavy atom. The zero-order chi connectivity index (χ0) is 8.97. The average molecular weight is 161 g/mol. The van der Waals surface area contributed by atoms with E-state index in [1.54, 1.807) is 6.08 Å². The van der Waals surface area contributed by atoms with Crippen LogP contribution in [0.15, 0.2) is 18.7 Å². The molecule has 0 radical (unpaired) electrons. The van der Waals surface area contributed by atoms with Crippen molar-refractivity contribution in [3.05, 3.63) is 35.7 Å². The molecule has 0 aromatic carbocycles. The molecule has 0 aliphatic heterocycles. The molecule has 0 spiro atoms. The van der Waals surface area contributed by atoms with Crippen molar-refractivity contribution in [3.63, 3.8) is 0 Å². The number of aryl methyl sites for hydroxylation is 2. The van der Waals surface area contributed by atoms with Crippen LogP contribution >= 0.6 is 0 Å². The van der Waals surface area contributed by atoms with Crippen LogP contribution in [-0.4, -0.2) is 4.98 Å². The van der Waals surface area contributed by atoms with Gasteiger partial charge in [0, 0.05) is 5.69 Å². The number of nitrogens with zero attached hydrogens (tertiary/aromatic N) is 1. The fraction of sp³-hybridized carbons (Fsp3) is 0.364. The van der Waals surface area contributed by atoms with E-state index in [1.165, 1.54) is 5.56 Å². The van der Waals surface area contributed by atoms with Gasteiger partial charge in [0.1, 0.15) is 0 Å². The van der Waals surface area contributed by atoms with Crippen LogP contribution in [0.2, 0.25) is 0 Å². The first kappa shape index (κ1) is 8.98. The fourth-order valence-corrected chi connectivity index (χ4v) is 1.17. The molecule has 0 unspecified atom stereocenters. The Morgan fingerprint density at radius 3 is 2.58 bits per heavy atom. The molecule has 12 heavy (non-hydrogen) atoms. The van der Waals surface area contributed by atoms with Crippen molar-refractivity contribution in [2.75, 3.05) is 0 Å². The Balaban J connectivity index is 3.09. The van der Waals surface area contributed by atoms with E-state index < -0.39 is 0 Å². The van der Waals surface area contributed by atoms with Gasteiger partial charge in [-0.3, -0.25) is 4.98 Å². The number of rotatable bonds is 3. The van der Waals surface area contributed by atoms with Crippen LogP contribution in [0.3, 0.4) is 0 Å². The second-order valence-corrected chi connectivity index (χ2v) is 2.80. The SMILES string of the molecule is C=Cc1cc(CC)cc(CC)n1. The molecule has 1 rings (SSSR count). The molecule has 0 N–H and O–H groups in total. The van der Waals surface area contributed by atoms with E-state index in [0.717, 1.165) is 24.2 Å². The van der Waals surface area contributed by atoms with Crippen LogP contribution in [0.4, 0.5) is 0 Å². The number of aromatic nitrogens is 1. The maximum absolute atomic E-state index is 4.40. The quantitative estimate of drug-likeness (QED) is 0.664. The molecule has 64 valence electrons. The minimum atomic E-state index is 0.992. The third-order valence-corrected chi connectivity index (χ3v) is 1.94. The van der Waals surface area contributed by atoms with Crippen LogP contribution in [0, 0.1) is 0 Å². The van der Waals surface area contributed by atoms with Gasteiger partial charge >= 0.3 is 0 Å². The maximum Gasteiger partial charge on any atom is 0.0629 e. The van der Waals surface area contributed by atoms with Crippen LogP contribution in [0.1, 0.15) is 30.8 Å². The van der Waals surface area contributed by atoms with Gasteiger partial charge in [0.25, 0.3) is 0 Å². The predicted octanol–water partition coefficient (Wildman–Crippen LogP) is 2.85. The van der Waals surface area contributed by atoms with E-state index >= 15 is 0 Å². The van der Waals surface area contributed by atoms with Gasteiger partial charge in [0.15, 0.2) is 0 Å². The largest absolute Gasteiger partial charge is 0.253 e. The second kappa shape index (κ2) is 4.05. The molecule has 1 heterocycles. The highest BCUT2D eigenvalue weighted by Gasteiger charge is 1.96. The zero-order valence-electron chi connectivity index (χ0n) is 7.80. The third-order valence-electron chi connectivity index (χ3n) is 1.94. The van der Waals surface area contributed by atoms with Crippen molar-refractivity contribution in [2.24, 2.45) is 0 Å². The smallest absolute Gasteiger partial charge is 0.0629 e. The van der Waals surface area contributed by atoms with Gasteiger partial charge in [-0.1, -0.05) is 20.4 Å². The van der Waals surface area contributed by atoms with Gasteiger partial charge in [-0.15, -0.1) is 0 Å². The van der Waals surface area contributed by atoms with Crippen molar-refractivity contribution in [3.8, 4) is 0 Å². The van der Waals surface area contributed by atoms with Gasteiger partial charge in [0.2, 0.25) is 0 Å². The van der Waals surface area contributed by atoms with E-state index in [-0.39, 0.29) is 0 Å². The standard InChI is InChI=1S/C11H15N/c1-4-9-7-10(5-2)12-11(6-3)8-9/h5,7-8H,2,4,6H2,1,3H3. The highest BCUT2D eigenvalue weighted by atomic mass is 14.7. The van der Waals surface area contributed by atoms with E-state index in [0.29, 0.717) is 0 Å². The van der Waals surface area contributed by atoms with Gasteiger partial charge in [-0.2, -0.15) is 0 Å². The molecule has 0 aliphatic carbocycles. The van der Waals surface area contributed by atoms with E-state index in [9.17, 15) is 0 Å². The van der Waals surface area contributed by atoms with E-state index in [4.69, 9.17) is 0 Å². The Hall–Kier alpha value is -1.11. The van der Waals surface area contributed by atoms with Crippen molar-refractivity contribution >= 4 is 6.08 Å². The monoisotopic (exact) mass is 161 g/mol. The normalized spacial score (nSPS) is 9.83. The first-order valence-electron chi connectivity index (χ1n) is 4.42. The fourth-order valence-electron chi connectivity index (χ4n) is 1.17. The first-order chi connectivity index (χ1) is 5.80. The molecule has 0 aliphatic rings. The molecule has 1 nitrogen and oxygen atoms in total. The van der Waals surface area contributed by atoms with Crippen molar-refractivity contribution in [2.45, 2.75) is 26.7 Å². The molecule has 0 amide bonds. The Bertz CT molecular complexity index is 254. The molecule has 0 saturated heterocycles. The van der Waals surface area contributed by atoms with Crippen molar-refractivity contribution in [1.29, 1.82) is 0 Å². The summed E-state index contributed by atoms with van der Waals surface area (Å²) < 4.78 is 0. The topological polar surface area (TPSA) is 12.9 Å². The van der Waals surface area contributed by atoms with Gasteiger partial charge < -0.3 is 0 Å². The molecule has 0 bridgehead atoms. The minimum Gasteiger partial charge on any atom is -0.253 e. The summed E-state index contributed by atoms with van der Waals surface area (Å²) in [7, 11) is 0.